The van der Waals surface area contributed by atoms with Crippen LogP contribution in [0.25, 0.3) is 0 Å². The summed E-state index contributed by atoms with van der Waals surface area (Å²) in [5, 5.41) is 0. The molecule has 0 aromatic heterocycles. The quantitative estimate of drug-likeness (QED) is 0.824. The first-order chi connectivity index (χ1) is 7.58. The van der Waals surface area contributed by atoms with Crippen LogP contribution in [-0.4, -0.2) is 32.1 Å². The van der Waals surface area contributed by atoms with Crippen molar-refractivity contribution in [1.82, 2.24) is 4.90 Å². The highest BCUT2D eigenvalue weighted by molar-refractivity contribution is 5.41. The molecule has 0 saturated carbocycles. The van der Waals surface area contributed by atoms with Gasteiger partial charge in [0.1, 0.15) is 5.75 Å². The van der Waals surface area contributed by atoms with Crippen LogP contribution in [0.3, 0.4) is 0 Å². The van der Waals surface area contributed by atoms with E-state index in [1.165, 1.54) is 16.7 Å². The number of benzene rings is 1. The van der Waals surface area contributed by atoms with Gasteiger partial charge in [-0.25, -0.2) is 0 Å². The number of hydrogen-bond acceptors (Lipinski definition) is 3. The van der Waals surface area contributed by atoms with Gasteiger partial charge in [-0.1, -0.05) is 6.07 Å². The molecule has 0 bridgehead atoms. The minimum atomic E-state index is 0.699. The Morgan fingerprint density at radius 3 is 2.50 bits per heavy atom. The average Bonchev–Trinajstić information content (AvgIpc) is 2.23. The van der Waals surface area contributed by atoms with E-state index >= 15 is 0 Å². The van der Waals surface area contributed by atoms with Crippen molar-refractivity contribution in [3.05, 3.63) is 28.8 Å². The summed E-state index contributed by atoms with van der Waals surface area (Å²) in [5.41, 5.74) is 9.33. The third kappa shape index (κ3) is 3.22. The van der Waals surface area contributed by atoms with Gasteiger partial charge in [0.15, 0.2) is 0 Å². The van der Waals surface area contributed by atoms with E-state index in [4.69, 9.17) is 10.5 Å². The zero-order valence-corrected chi connectivity index (χ0v) is 10.7. The summed E-state index contributed by atoms with van der Waals surface area (Å²) in [6.07, 6.45) is 0. The molecule has 1 rings (SSSR count). The first-order valence-corrected chi connectivity index (χ1v) is 5.61. The zero-order chi connectivity index (χ0) is 12.1. The number of methoxy groups -OCH3 is 1. The van der Waals surface area contributed by atoms with E-state index < -0.39 is 0 Å². The molecule has 90 valence electrons. The first kappa shape index (κ1) is 13.0. The molecule has 0 aliphatic heterocycles. The van der Waals surface area contributed by atoms with Crippen molar-refractivity contribution in [2.45, 2.75) is 20.4 Å². The van der Waals surface area contributed by atoms with Gasteiger partial charge in [-0.15, -0.1) is 0 Å². The molecule has 0 spiro atoms. The van der Waals surface area contributed by atoms with Crippen LogP contribution in [0.4, 0.5) is 0 Å². The molecule has 1 aromatic carbocycles. The molecule has 0 heterocycles. The third-order valence-corrected chi connectivity index (χ3v) is 2.80. The topological polar surface area (TPSA) is 38.5 Å². The molecule has 2 N–H and O–H groups in total. The van der Waals surface area contributed by atoms with E-state index in [0.717, 1.165) is 18.8 Å². The Hall–Kier alpha value is -1.06. The van der Waals surface area contributed by atoms with Crippen LogP contribution in [0.5, 0.6) is 5.75 Å². The monoisotopic (exact) mass is 222 g/mol. The van der Waals surface area contributed by atoms with Gasteiger partial charge in [-0.2, -0.15) is 0 Å². The number of nitrogens with zero attached hydrogens (tertiary/aromatic N) is 1. The van der Waals surface area contributed by atoms with Crippen molar-refractivity contribution in [2.24, 2.45) is 5.73 Å². The number of ether oxygens (including phenoxy) is 1. The Morgan fingerprint density at radius 2 is 1.94 bits per heavy atom. The summed E-state index contributed by atoms with van der Waals surface area (Å²) in [6, 6.07) is 4.29. The lowest BCUT2D eigenvalue weighted by Crippen LogP contribution is -2.25. The van der Waals surface area contributed by atoms with E-state index in [2.05, 4.69) is 37.9 Å². The number of rotatable bonds is 5. The summed E-state index contributed by atoms with van der Waals surface area (Å²) in [5.74, 6) is 0.961. The fourth-order valence-corrected chi connectivity index (χ4v) is 1.83. The summed E-state index contributed by atoms with van der Waals surface area (Å²) in [7, 11) is 3.80. The molecule has 3 heteroatoms. The van der Waals surface area contributed by atoms with Crippen molar-refractivity contribution in [2.75, 3.05) is 27.2 Å². The van der Waals surface area contributed by atoms with Gasteiger partial charge < -0.3 is 15.4 Å². The molecule has 3 nitrogen and oxygen atoms in total. The molecule has 16 heavy (non-hydrogen) atoms. The highest BCUT2D eigenvalue weighted by Gasteiger charge is 2.06. The van der Waals surface area contributed by atoms with Crippen molar-refractivity contribution in [3.63, 3.8) is 0 Å². The molecule has 0 unspecified atom stereocenters. The second-order valence-corrected chi connectivity index (χ2v) is 4.27. The molecule has 1 aromatic rings. The third-order valence-electron chi connectivity index (χ3n) is 2.80. The van der Waals surface area contributed by atoms with E-state index in [1.54, 1.807) is 7.11 Å². The highest BCUT2D eigenvalue weighted by atomic mass is 16.5. The summed E-state index contributed by atoms with van der Waals surface area (Å²) < 4.78 is 5.30. The minimum Gasteiger partial charge on any atom is -0.496 e. The Balaban J connectivity index is 2.85. The zero-order valence-electron chi connectivity index (χ0n) is 10.7. The predicted octanol–water partition coefficient (Wildman–Crippen LogP) is 1.70. The van der Waals surface area contributed by atoms with Gasteiger partial charge in [0, 0.05) is 19.6 Å². The van der Waals surface area contributed by atoms with E-state index in [-0.39, 0.29) is 0 Å². The van der Waals surface area contributed by atoms with Crippen molar-refractivity contribution >= 4 is 0 Å². The van der Waals surface area contributed by atoms with Crippen LogP contribution in [0.2, 0.25) is 0 Å². The smallest absolute Gasteiger partial charge is 0.122 e. The standard InChI is InChI=1S/C13H22N2O/c1-10-8-13(16-4)11(2)7-12(10)9-15(3)6-5-14/h7-8H,5-6,9,14H2,1-4H3. The van der Waals surface area contributed by atoms with Crippen LogP contribution < -0.4 is 10.5 Å². The van der Waals surface area contributed by atoms with Crippen molar-refractivity contribution in [3.8, 4) is 5.75 Å². The SMILES string of the molecule is COc1cc(C)c(CN(C)CCN)cc1C. The fourth-order valence-electron chi connectivity index (χ4n) is 1.83. The largest absolute Gasteiger partial charge is 0.496 e. The first-order valence-electron chi connectivity index (χ1n) is 5.61. The fraction of sp³-hybridized carbons (Fsp3) is 0.538. The average molecular weight is 222 g/mol. The lowest BCUT2D eigenvalue weighted by atomic mass is 10.0. The molecule has 0 amide bonds. The lowest BCUT2D eigenvalue weighted by molar-refractivity contribution is 0.335. The molecule has 0 aliphatic rings. The van der Waals surface area contributed by atoms with E-state index in [1.807, 2.05) is 0 Å². The summed E-state index contributed by atoms with van der Waals surface area (Å²) in [4.78, 5) is 2.23. The molecule has 0 fully saturated rings. The number of aryl methyl sites for hydroxylation is 2. The van der Waals surface area contributed by atoms with Crippen molar-refractivity contribution < 1.29 is 4.74 Å². The lowest BCUT2D eigenvalue weighted by Gasteiger charge is -2.18. The summed E-state index contributed by atoms with van der Waals surface area (Å²) in [6.45, 7) is 6.75. The van der Waals surface area contributed by atoms with Crippen LogP contribution in [0, 0.1) is 13.8 Å². The number of likely N-dealkylation sites (N-methyl/N-ethyl adjacent to an activating group) is 1. The van der Waals surface area contributed by atoms with Gasteiger partial charge in [0.2, 0.25) is 0 Å². The van der Waals surface area contributed by atoms with Gasteiger partial charge >= 0.3 is 0 Å². The molecule has 0 aliphatic carbocycles. The van der Waals surface area contributed by atoms with Gasteiger partial charge in [0.05, 0.1) is 7.11 Å². The van der Waals surface area contributed by atoms with Crippen LogP contribution in [0.15, 0.2) is 12.1 Å². The second kappa shape index (κ2) is 5.87. The maximum absolute atomic E-state index is 5.54. The Labute approximate surface area is 98.2 Å². The van der Waals surface area contributed by atoms with Crippen LogP contribution >= 0.6 is 0 Å². The Morgan fingerprint density at radius 1 is 1.25 bits per heavy atom. The molecule has 0 saturated heterocycles. The van der Waals surface area contributed by atoms with Crippen LogP contribution in [0.1, 0.15) is 16.7 Å². The molecule has 0 radical (unpaired) electrons. The maximum atomic E-state index is 5.54. The number of hydrogen-bond donors (Lipinski definition) is 1. The maximum Gasteiger partial charge on any atom is 0.122 e. The van der Waals surface area contributed by atoms with E-state index in [9.17, 15) is 0 Å². The van der Waals surface area contributed by atoms with Gasteiger partial charge in [0.25, 0.3) is 0 Å². The van der Waals surface area contributed by atoms with Gasteiger partial charge in [-0.05, 0) is 43.7 Å². The normalized spacial score (nSPS) is 10.9. The Kier molecular flexibility index (Phi) is 4.77. The second-order valence-electron chi connectivity index (χ2n) is 4.27. The molecular formula is C13H22N2O. The predicted molar refractivity (Wildman–Crippen MR) is 67.9 cm³/mol. The molecular weight excluding hydrogens is 200 g/mol. The summed E-state index contributed by atoms with van der Waals surface area (Å²) >= 11 is 0. The van der Waals surface area contributed by atoms with E-state index in [0.29, 0.717) is 6.54 Å². The molecule has 0 atom stereocenters. The number of nitrogens with two attached hydrogens (primary N) is 1. The minimum absolute atomic E-state index is 0.699. The van der Waals surface area contributed by atoms with Crippen molar-refractivity contribution in [1.29, 1.82) is 0 Å². The van der Waals surface area contributed by atoms with Crippen LogP contribution in [-0.2, 0) is 6.54 Å². The highest BCUT2D eigenvalue weighted by Crippen LogP contribution is 2.23. The Bertz CT molecular complexity index is 350. The van der Waals surface area contributed by atoms with Gasteiger partial charge in [-0.3, -0.25) is 0 Å².